The van der Waals surface area contributed by atoms with E-state index in [1.54, 1.807) is 18.2 Å². The SMILES string of the molecule is Fc1ccccc1COc1ccc(CN2CCOC3(CCC3)C2)cn1. The second-order valence-electron chi connectivity index (χ2n) is 6.98. The second kappa shape index (κ2) is 7.10. The molecule has 1 aliphatic carbocycles. The largest absolute Gasteiger partial charge is 0.473 e. The molecule has 2 fully saturated rings. The highest BCUT2D eigenvalue weighted by atomic mass is 19.1. The molecular formula is C20H23FN2O2. The van der Waals surface area contributed by atoms with E-state index >= 15 is 0 Å². The Morgan fingerprint density at radius 2 is 2.08 bits per heavy atom. The van der Waals surface area contributed by atoms with E-state index in [0.717, 1.165) is 31.8 Å². The van der Waals surface area contributed by atoms with Crippen molar-refractivity contribution in [1.82, 2.24) is 9.88 Å². The third-order valence-electron chi connectivity index (χ3n) is 5.13. The van der Waals surface area contributed by atoms with E-state index < -0.39 is 0 Å². The Morgan fingerprint density at radius 1 is 1.20 bits per heavy atom. The van der Waals surface area contributed by atoms with Gasteiger partial charge < -0.3 is 9.47 Å². The summed E-state index contributed by atoms with van der Waals surface area (Å²) in [5, 5.41) is 0. The number of rotatable bonds is 5. The number of hydrogen-bond acceptors (Lipinski definition) is 4. The van der Waals surface area contributed by atoms with E-state index in [9.17, 15) is 4.39 Å². The topological polar surface area (TPSA) is 34.6 Å². The molecule has 5 heteroatoms. The van der Waals surface area contributed by atoms with Gasteiger partial charge in [-0.1, -0.05) is 24.3 Å². The minimum absolute atomic E-state index is 0.120. The fraction of sp³-hybridized carbons (Fsp3) is 0.450. The number of nitrogens with zero attached hydrogens (tertiary/aromatic N) is 2. The lowest BCUT2D eigenvalue weighted by atomic mass is 9.79. The molecule has 0 bridgehead atoms. The van der Waals surface area contributed by atoms with E-state index in [-0.39, 0.29) is 18.0 Å². The van der Waals surface area contributed by atoms with E-state index in [4.69, 9.17) is 9.47 Å². The first kappa shape index (κ1) is 16.5. The molecule has 4 rings (SSSR count). The van der Waals surface area contributed by atoms with Crippen LogP contribution in [0.4, 0.5) is 4.39 Å². The summed E-state index contributed by atoms with van der Waals surface area (Å²) in [5.41, 5.74) is 1.82. The molecule has 1 aromatic heterocycles. The molecule has 0 radical (unpaired) electrons. The number of benzene rings is 1. The van der Waals surface area contributed by atoms with Crippen molar-refractivity contribution in [1.29, 1.82) is 0 Å². The van der Waals surface area contributed by atoms with Gasteiger partial charge in [0.05, 0.1) is 12.2 Å². The van der Waals surface area contributed by atoms with Crippen molar-refractivity contribution in [2.24, 2.45) is 0 Å². The number of halogens is 1. The summed E-state index contributed by atoms with van der Waals surface area (Å²) in [5.74, 6) is 0.265. The minimum Gasteiger partial charge on any atom is -0.473 e. The highest BCUT2D eigenvalue weighted by Crippen LogP contribution is 2.38. The van der Waals surface area contributed by atoms with Crippen LogP contribution in [0.1, 0.15) is 30.4 Å². The molecule has 4 nitrogen and oxygen atoms in total. The lowest BCUT2D eigenvalue weighted by Gasteiger charge is -2.48. The van der Waals surface area contributed by atoms with E-state index in [2.05, 4.69) is 9.88 Å². The highest BCUT2D eigenvalue weighted by Gasteiger charge is 2.41. The van der Waals surface area contributed by atoms with Gasteiger partial charge in [0.15, 0.2) is 0 Å². The molecule has 1 spiro atoms. The zero-order valence-electron chi connectivity index (χ0n) is 14.3. The van der Waals surface area contributed by atoms with Gasteiger partial charge in [-0.05, 0) is 30.9 Å². The molecule has 1 saturated heterocycles. The number of hydrogen-bond donors (Lipinski definition) is 0. The first-order chi connectivity index (χ1) is 12.2. The van der Waals surface area contributed by atoms with Crippen molar-refractivity contribution < 1.29 is 13.9 Å². The average molecular weight is 342 g/mol. The molecule has 0 unspecified atom stereocenters. The predicted octanol–water partition coefficient (Wildman–Crippen LogP) is 3.55. The first-order valence-electron chi connectivity index (χ1n) is 8.90. The second-order valence-corrected chi connectivity index (χ2v) is 6.98. The summed E-state index contributed by atoms with van der Waals surface area (Å²) >= 11 is 0. The van der Waals surface area contributed by atoms with Crippen molar-refractivity contribution in [3.63, 3.8) is 0 Å². The van der Waals surface area contributed by atoms with Gasteiger partial charge in [-0.25, -0.2) is 9.37 Å². The predicted molar refractivity (Wildman–Crippen MR) is 92.8 cm³/mol. The van der Waals surface area contributed by atoms with E-state index in [1.807, 2.05) is 18.3 Å². The van der Waals surface area contributed by atoms with Crippen LogP contribution in [0.25, 0.3) is 0 Å². The molecule has 2 heterocycles. The summed E-state index contributed by atoms with van der Waals surface area (Å²) in [6.45, 7) is 3.86. The van der Waals surface area contributed by atoms with Gasteiger partial charge in [0.2, 0.25) is 5.88 Å². The number of aromatic nitrogens is 1. The Bertz CT molecular complexity index is 716. The maximum absolute atomic E-state index is 13.6. The van der Waals surface area contributed by atoms with Gasteiger partial charge in [-0.15, -0.1) is 0 Å². The van der Waals surface area contributed by atoms with Crippen LogP contribution in [0.15, 0.2) is 42.6 Å². The standard InChI is InChI=1S/C20H23FN2O2/c21-18-5-2-1-4-17(18)14-24-19-7-6-16(12-22-19)13-23-10-11-25-20(15-23)8-3-9-20/h1-2,4-7,12H,3,8-11,13-15H2. The lowest BCUT2D eigenvalue weighted by molar-refractivity contribution is -0.152. The summed E-state index contributed by atoms with van der Waals surface area (Å²) in [4.78, 5) is 6.80. The van der Waals surface area contributed by atoms with Crippen LogP contribution in [0.2, 0.25) is 0 Å². The highest BCUT2D eigenvalue weighted by molar-refractivity contribution is 5.20. The molecule has 25 heavy (non-hydrogen) atoms. The average Bonchev–Trinajstić information content (AvgIpc) is 2.61. The van der Waals surface area contributed by atoms with Crippen molar-refractivity contribution in [2.45, 2.75) is 38.0 Å². The molecule has 0 amide bonds. The maximum Gasteiger partial charge on any atom is 0.213 e. The minimum atomic E-state index is -0.253. The Labute approximate surface area is 147 Å². The third kappa shape index (κ3) is 3.83. The van der Waals surface area contributed by atoms with Crippen LogP contribution in [-0.4, -0.2) is 35.2 Å². The van der Waals surface area contributed by atoms with Crippen molar-refractivity contribution >= 4 is 0 Å². The van der Waals surface area contributed by atoms with Crippen LogP contribution in [0.5, 0.6) is 5.88 Å². The molecule has 1 aliphatic heterocycles. The molecule has 0 N–H and O–H groups in total. The molecular weight excluding hydrogens is 319 g/mol. The Hall–Kier alpha value is -1.98. The Kier molecular flexibility index (Phi) is 4.68. The molecule has 1 aromatic carbocycles. The van der Waals surface area contributed by atoms with Gasteiger partial charge in [0, 0.05) is 37.5 Å². The van der Waals surface area contributed by atoms with Gasteiger partial charge in [-0.3, -0.25) is 4.90 Å². The van der Waals surface area contributed by atoms with Crippen molar-refractivity contribution in [2.75, 3.05) is 19.7 Å². The normalized spacial score (nSPS) is 19.6. The van der Waals surface area contributed by atoms with Crippen molar-refractivity contribution in [3.05, 3.63) is 59.5 Å². The first-order valence-corrected chi connectivity index (χ1v) is 8.90. The van der Waals surface area contributed by atoms with Crippen molar-refractivity contribution in [3.8, 4) is 5.88 Å². The molecule has 2 aromatic rings. The van der Waals surface area contributed by atoms with E-state index in [1.165, 1.54) is 25.3 Å². The zero-order chi connectivity index (χ0) is 17.1. The van der Waals surface area contributed by atoms with Crippen LogP contribution >= 0.6 is 0 Å². The van der Waals surface area contributed by atoms with Crippen LogP contribution in [0.3, 0.4) is 0 Å². The zero-order valence-corrected chi connectivity index (χ0v) is 14.3. The molecule has 0 atom stereocenters. The Morgan fingerprint density at radius 3 is 2.80 bits per heavy atom. The fourth-order valence-corrected chi connectivity index (χ4v) is 3.55. The van der Waals surface area contributed by atoms with Crippen LogP contribution in [-0.2, 0) is 17.9 Å². The summed E-state index contributed by atoms with van der Waals surface area (Å²) < 4.78 is 25.2. The molecule has 132 valence electrons. The number of ether oxygens (including phenoxy) is 2. The number of pyridine rings is 1. The van der Waals surface area contributed by atoms with Crippen LogP contribution in [0, 0.1) is 5.82 Å². The quantitative estimate of drug-likeness (QED) is 0.832. The smallest absolute Gasteiger partial charge is 0.213 e. The maximum atomic E-state index is 13.6. The summed E-state index contributed by atoms with van der Waals surface area (Å²) in [6, 6.07) is 10.5. The van der Waals surface area contributed by atoms with Gasteiger partial charge >= 0.3 is 0 Å². The van der Waals surface area contributed by atoms with E-state index in [0.29, 0.717) is 11.4 Å². The summed E-state index contributed by atoms with van der Waals surface area (Å²) in [6.07, 6.45) is 5.50. The third-order valence-corrected chi connectivity index (χ3v) is 5.13. The fourth-order valence-electron chi connectivity index (χ4n) is 3.55. The van der Waals surface area contributed by atoms with Crippen LogP contribution < -0.4 is 4.74 Å². The van der Waals surface area contributed by atoms with Gasteiger partial charge in [-0.2, -0.15) is 0 Å². The Balaban J connectivity index is 1.32. The number of morpholine rings is 1. The molecule has 2 aliphatic rings. The summed E-state index contributed by atoms with van der Waals surface area (Å²) in [7, 11) is 0. The monoisotopic (exact) mass is 342 g/mol. The molecule has 1 saturated carbocycles. The van der Waals surface area contributed by atoms with Gasteiger partial charge in [0.1, 0.15) is 12.4 Å². The van der Waals surface area contributed by atoms with Gasteiger partial charge in [0.25, 0.3) is 0 Å². The lowest BCUT2D eigenvalue weighted by Crippen LogP contribution is -2.55.